The molecule has 4 aliphatic rings. The molecule has 0 radical (unpaired) electrons. The molecule has 1 aromatic rings. The van der Waals surface area contributed by atoms with E-state index >= 15 is 0 Å². The molecule has 4 aliphatic heterocycles. The smallest absolute Gasteiger partial charge is 0.232 e. The van der Waals surface area contributed by atoms with Gasteiger partial charge in [0, 0.05) is 13.1 Å². The monoisotopic (exact) mass is 337 g/mol. The normalized spacial score (nSPS) is 35.9. The Labute approximate surface area is 139 Å². The second-order valence-electron chi connectivity index (χ2n) is 6.90. The first kappa shape index (κ1) is 14.2. The Morgan fingerprint density at radius 1 is 0.870 bits per heavy atom. The van der Waals surface area contributed by atoms with E-state index in [-0.39, 0.29) is 5.28 Å². The summed E-state index contributed by atoms with van der Waals surface area (Å²) in [7, 11) is 0. The summed E-state index contributed by atoms with van der Waals surface area (Å²) in [6, 6.07) is 0.724. The van der Waals surface area contributed by atoms with Crippen LogP contribution in [0.15, 0.2) is 0 Å². The number of rotatable bonds is 2. The van der Waals surface area contributed by atoms with E-state index in [2.05, 4.69) is 19.8 Å². The van der Waals surface area contributed by atoms with Crippen LogP contribution in [0.5, 0.6) is 0 Å². The third-order valence-electron chi connectivity index (χ3n) is 5.38. The van der Waals surface area contributed by atoms with Crippen molar-refractivity contribution < 1.29 is 9.47 Å². The minimum absolute atomic E-state index is 0.273. The lowest BCUT2D eigenvalue weighted by Gasteiger charge is -2.36. The number of nitrogens with zero attached hydrogens (tertiary/aromatic N) is 5. The summed E-state index contributed by atoms with van der Waals surface area (Å²) in [4.78, 5) is 18.0. The van der Waals surface area contributed by atoms with Crippen LogP contribution in [0.1, 0.15) is 25.7 Å². The van der Waals surface area contributed by atoms with Crippen LogP contribution in [-0.4, -0.2) is 65.5 Å². The van der Waals surface area contributed by atoms with Gasteiger partial charge in [0.05, 0.1) is 37.5 Å². The lowest BCUT2D eigenvalue weighted by molar-refractivity contribution is 0.0299. The van der Waals surface area contributed by atoms with Gasteiger partial charge >= 0.3 is 0 Å². The number of fused-ring (bicyclic) bond motifs is 4. The third kappa shape index (κ3) is 2.45. The fraction of sp³-hybridized carbons (Fsp3) is 0.800. The van der Waals surface area contributed by atoms with E-state index in [0.717, 1.165) is 52.0 Å². The number of ether oxygens (including phenoxy) is 2. The Bertz CT molecular complexity index is 590. The maximum absolute atomic E-state index is 6.21. The minimum atomic E-state index is 0.273. The van der Waals surface area contributed by atoms with Crippen LogP contribution in [0.25, 0.3) is 0 Å². The van der Waals surface area contributed by atoms with Gasteiger partial charge < -0.3 is 19.3 Å². The van der Waals surface area contributed by atoms with Gasteiger partial charge in [-0.25, -0.2) is 0 Å². The zero-order valence-corrected chi connectivity index (χ0v) is 13.7. The number of hydrogen-bond acceptors (Lipinski definition) is 7. The molecule has 0 saturated carbocycles. The van der Waals surface area contributed by atoms with E-state index in [9.17, 15) is 0 Å². The molecule has 4 saturated heterocycles. The maximum atomic E-state index is 6.21. The summed E-state index contributed by atoms with van der Waals surface area (Å²) in [6.45, 7) is 3.17. The van der Waals surface area contributed by atoms with Gasteiger partial charge in [-0.2, -0.15) is 15.0 Å². The molecule has 4 unspecified atom stereocenters. The highest BCUT2D eigenvalue weighted by Gasteiger charge is 2.40. The SMILES string of the molecule is Clc1nc(N2CC3CCC(C2)O3)nc(N2C3CCC2COC3)n1. The van der Waals surface area contributed by atoms with Crippen molar-refractivity contribution in [3.05, 3.63) is 5.28 Å². The predicted molar refractivity (Wildman–Crippen MR) is 85.1 cm³/mol. The van der Waals surface area contributed by atoms with E-state index in [4.69, 9.17) is 26.1 Å². The van der Waals surface area contributed by atoms with E-state index in [0.29, 0.717) is 36.2 Å². The van der Waals surface area contributed by atoms with Gasteiger partial charge in [0.15, 0.2) is 0 Å². The van der Waals surface area contributed by atoms with Crippen molar-refractivity contribution in [2.24, 2.45) is 0 Å². The second kappa shape index (κ2) is 5.43. The van der Waals surface area contributed by atoms with Crippen LogP contribution in [-0.2, 0) is 9.47 Å². The van der Waals surface area contributed by atoms with Crippen molar-refractivity contribution >= 4 is 23.5 Å². The standard InChI is InChI=1S/C15H20ClN5O2/c16-13-17-14(20-5-11-3-4-12(6-20)23-11)19-15(18-13)21-9-1-2-10(21)8-22-7-9/h9-12H,1-8H2. The molecule has 0 N–H and O–H groups in total. The molecule has 1 aromatic heterocycles. The van der Waals surface area contributed by atoms with E-state index in [1.807, 2.05) is 0 Å². The molecule has 0 spiro atoms. The highest BCUT2D eigenvalue weighted by atomic mass is 35.5. The summed E-state index contributed by atoms with van der Waals surface area (Å²) in [5.41, 5.74) is 0. The molecule has 0 aromatic carbocycles. The number of hydrogen-bond donors (Lipinski definition) is 0. The third-order valence-corrected chi connectivity index (χ3v) is 5.55. The summed E-state index contributed by atoms with van der Waals surface area (Å²) in [5.74, 6) is 1.39. The Kier molecular flexibility index (Phi) is 3.35. The van der Waals surface area contributed by atoms with Crippen LogP contribution in [0.4, 0.5) is 11.9 Å². The first-order valence-corrected chi connectivity index (χ1v) is 8.82. The van der Waals surface area contributed by atoms with Crippen LogP contribution in [0.3, 0.4) is 0 Å². The molecular formula is C15H20ClN5O2. The van der Waals surface area contributed by atoms with Gasteiger partial charge in [-0.05, 0) is 37.3 Å². The zero-order valence-electron chi connectivity index (χ0n) is 12.9. The summed E-state index contributed by atoms with van der Waals surface area (Å²) in [6.07, 6.45) is 5.11. The van der Waals surface area contributed by atoms with Gasteiger partial charge in [0.25, 0.3) is 0 Å². The number of morpholine rings is 2. The van der Waals surface area contributed by atoms with E-state index in [1.165, 1.54) is 0 Å². The topological polar surface area (TPSA) is 63.6 Å². The van der Waals surface area contributed by atoms with Gasteiger partial charge in [-0.3, -0.25) is 0 Å². The van der Waals surface area contributed by atoms with Crippen molar-refractivity contribution in [3.63, 3.8) is 0 Å². The fourth-order valence-corrected chi connectivity index (χ4v) is 4.47. The molecule has 124 valence electrons. The average Bonchev–Trinajstić information content (AvgIpc) is 3.02. The lowest BCUT2D eigenvalue weighted by atomic mass is 10.2. The zero-order chi connectivity index (χ0) is 15.4. The quantitative estimate of drug-likeness (QED) is 0.805. The number of anilines is 2. The molecule has 4 atom stereocenters. The summed E-state index contributed by atoms with van der Waals surface area (Å²) >= 11 is 6.21. The Hall–Kier alpha value is -1.18. The van der Waals surface area contributed by atoms with Crippen LogP contribution in [0, 0.1) is 0 Å². The molecule has 7 nitrogen and oxygen atoms in total. The predicted octanol–water partition coefficient (Wildman–Crippen LogP) is 1.26. The maximum Gasteiger partial charge on any atom is 0.232 e. The Morgan fingerprint density at radius 3 is 2.22 bits per heavy atom. The van der Waals surface area contributed by atoms with Crippen molar-refractivity contribution in [1.82, 2.24) is 15.0 Å². The molecule has 5 heterocycles. The van der Waals surface area contributed by atoms with Crippen molar-refractivity contribution in [2.45, 2.75) is 50.0 Å². The largest absolute Gasteiger partial charge is 0.377 e. The number of halogens is 1. The molecule has 4 bridgehead atoms. The highest BCUT2D eigenvalue weighted by Crippen LogP contribution is 2.34. The van der Waals surface area contributed by atoms with Gasteiger partial charge in [0.2, 0.25) is 17.2 Å². The van der Waals surface area contributed by atoms with Crippen LogP contribution >= 0.6 is 11.6 Å². The first-order valence-electron chi connectivity index (χ1n) is 8.44. The van der Waals surface area contributed by atoms with Crippen LogP contribution < -0.4 is 9.80 Å². The lowest BCUT2D eigenvalue weighted by Crippen LogP contribution is -2.47. The fourth-order valence-electron chi connectivity index (χ4n) is 4.32. The molecule has 23 heavy (non-hydrogen) atoms. The summed E-state index contributed by atoms with van der Waals surface area (Å²) < 4.78 is 11.5. The highest BCUT2D eigenvalue weighted by molar-refractivity contribution is 6.28. The number of aromatic nitrogens is 3. The second-order valence-corrected chi connectivity index (χ2v) is 7.23. The molecule has 8 heteroatoms. The molecule has 0 aliphatic carbocycles. The van der Waals surface area contributed by atoms with Gasteiger partial charge in [-0.15, -0.1) is 0 Å². The van der Waals surface area contributed by atoms with Crippen molar-refractivity contribution in [2.75, 3.05) is 36.1 Å². The molecular weight excluding hydrogens is 318 g/mol. The van der Waals surface area contributed by atoms with Crippen molar-refractivity contribution in [3.8, 4) is 0 Å². The van der Waals surface area contributed by atoms with Gasteiger partial charge in [-0.1, -0.05) is 0 Å². The van der Waals surface area contributed by atoms with Crippen LogP contribution in [0.2, 0.25) is 5.28 Å². The van der Waals surface area contributed by atoms with E-state index in [1.54, 1.807) is 0 Å². The van der Waals surface area contributed by atoms with Crippen molar-refractivity contribution in [1.29, 1.82) is 0 Å². The van der Waals surface area contributed by atoms with E-state index < -0.39 is 0 Å². The summed E-state index contributed by atoms with van der Waals surface area (Å²) in [5, 5.41) is 0.273. The van der Waals surface area contributed by atoms with Gasteiger partial charge in [0.1, 0.15) is 0 Å². The average molecular weight is 338 g/mol. The Balaban J connectivity index is 1.46. The molecule has 5 rings (SSSR count). The molecule has 0 amide bonds. The first-order chi connectivity index (χ1) is 11.3. The molecule has 4 fully saturated rings. The Morgan fingerprint density at radius 2 is 1.52 bits per heavy atom. The minimum Gasteiger partial charge on any atom is -0.377 e.